The number of carboxylic acid groups (broad SMARTS) is 1. The minimum Gasteiger partial charge on any atom is -0.479 e. The van der Waals surface area contributed by atoms with E-state index in [9.17, 15) is 30.2 Å². The Kier molecular flexibility index (Phi) is 4.68. The Balaban J connectivity index is 1.80. The summed E-state index contributed by atoms with van der Waals surface area (Å²) in [4.78, 5) is 19.6. The number of aliphatic carboxylic acids is 1. The number of nitrogens with two attached hydrogens (primary N) is 1. The molecule has 0 amide bonds. The van der Waals surface area contributed by atoms with Crippen LogP contribution in [0.15, 0.2) is 22.0 Å². The quantitative estimate of drug-likeness (QED) is 0.254. The standard InChI is InChI=1S/C13H15N3O9S/c14-13(11-9(19)7(17)8(18)10(25-11)12(20)21)15-4(3-26-13)5-1-2-6(24-5)16(22)23/h1-3,7-11,15,17-19H,14H2,(H,20,21)/t7-,8-,9+,10-,11+,13?/m0/s1. The molecule has 2 aliphatic heterocycles. The van der Waals surface area contributed by atoms with Crippen molar-refractivity contribution in [1.29, 1.82) is 0 Å². The highest BCUT2D eigenvalue weighted by Crippen LogP contribution is 2.40. The minimum absolute atomic E-state index is 0.0946. The van der Waals surface area contributed by atoms with Crippen LogP contribution in [0.4, 0.5) is 5.88 Å². The monoisotopic (exact) mass is 389 g/mol. The number of hydrogen-bond donors (Lipinski definition) is 6. The fraction of sp³-hybridized carbons (Fsp3) is 0.462. The topological polar surface area (TPSA) is 202 Å². The van der Waals surface area contributed by atoms with Gasteiger partial charge in [0.05, 0.1) is 11.8 Å². The van der Waals surface area contributed by atoms with Gasteiger partial charge in [-0.05, 0) is 6.07 Å². The molecule has 6 atom stereocenters. The van der Waals surface area contributed by atoms with Gasteiger partial charge in [-0.1, -0.05) is 11.8 Å². The van der Waals surface area contributed by atoms with Gasteiger partial charge in [-0.3, -0.25) is 15.8 Å². The van der Waals surface area contributed by atoms with E-state index in [0.717, 1.165) is 17.8 Å². The number of aliphatic hydroxyl groups excluding tert-OH is 3. The average molecular weight is 389 g/mol. The van der Waals surface area contributed by atoms with Crippen molar-refractivity contribution in [3.05, 3.63) is 33.4 Å². The van der Waals surface area contributed by atoms with E-state index >= 15 is 0 Å². The molecule has 0 spiro atoms. The number of ether oxygens (including phenoxy) is 1. The largest absolute Gasteiger partial charge is 0.479 e. The molecule has 7 N–H and O–H groups in total. The molecule has 142 valence electrons. The molecule has 0 aromatic carbocycles. The molecule has 13 heteroatoms. The molecular formula is C13H15N3O9S. The first-order valence-electron chi connectivity index (χ1n) is 7.26. The summed E-state index contributed by atoms with van der Waals surface area (Å²) in [5, 5.41) is 53.8. The van der Waals surface area contributed by atoms with Gasteiger partial charge >= 0.3 is 11.9 Å². The SMILES string of the molecule is NC1([C@@H]2O[C@H](C(=O)O)[C@@H](O)[C@H](O)[C@H]2O)NC(c2ccc([N+](=O)[O-])o2)=CS1. The molecule has 0 radical (unpaired) electrons. The van der Waals surface area contributed by atoms with Crippen LogP contribution < -0.4 is 11.1 Å². The Morgan fingerprint density at radius 1 is 1.31 bits per heavy atom. The summed E-state index contributed by atoms with van der Waals surface area (Å²) in [6, 6.07) is 2.48. The molecule has 2 aliphatic rings. The van der Waals surface area contributed by atoms with E-state index in [1.165, 1.54) is 11.5 Å². The molecule has 26 heavy (non-hydrogen) atoms. The normalized spacial score (nSPS) is 37.1. The summed E-state index contributed by atoms with van der Waals surface area (Å²) in [5.41, 5.74) is 6.39. The van der Waals surface area contributed by atoms with Gasteiger partial charge in [-0.2, -0.15) is 0 Å². The highest BCUT2D eigenvalue weighted by molar-refractivity contribution is 8.03. The Labute approximate surface area is 149 Å². The number of nitrogens with one attached hydrogen (secondary N) is 1. The maximum atomic E-state index is 11.2. The second-order valence-electron chi connectivity index (χ2n) is 5.75. The number of carboxylic acids is 1. The van der Waals surface area contributed by atoms with E-state index in [2.05, 4.69) is 5.32 Å². The zero-order valence-corrected chi connectivity index (χ0v) is 13.7. The van der Waals surface area contributed by atoms with Gasteiger partial charge in [0.15, 0.2) is 16.9 Å². The summed E-state index contributed by atoms with van der Waals surface area (Å²) in [5.74, 6) is -1.92. The van der Waals surface area contributed by atoms with Gasteiger partial charge in [0, 0.05) is 5.41 Å². The second-order valence-corrected chi connectivity index (χ2v) is 6.90. The number of furan rings is 1. The highest BCUT2D eigenvalue weighted by Gasteiger charge is 2.55. The summed E-state index contributed by atoms with van der Waals surface area (Å²) >= 11 is 0.897. The number of aliphatic hydroxyl groups is 3. The number of thioether (sulfide) groups is 1. The van der Waals surface area contributed by atoms with Crippen LogP contribution in [-0.4, -0.2) is 66.8 Å². The Bertz CT molecular complexity index is 768. The molecule has 1 fully saturated rings. The van der Waals surface area contributed by atoms with Crippen LogP contribution in [0.1, 0.15) is 5.76 Å². The summed E-state index contributed by atoms with van der Waals surface area (Å²) in [6.45, 7) is 0. The Hall–Kier alpha value is -2.16. The van der Waals surface area contributed by atoms with Crippen molar-refractivity contribution in [1.82, 2.24) is 5.32 Å². The molecule has 3 rings (SSSR count). The van der Waals surface area contributed by atoms with Crippen LogP contribution in [0.3, 0.4) is 0 Å². The Morgan fingerprint density at radius 2 is 2.00 bits per heavy atom. The third-order valence-electron chi connectivity index (χ3n) is 4.02. The van der Waals surface area contributed by atoms with Crippen molar-refractivity contribution in [2.45, 2.75) is 35.5 Å². The van der Waals surface area contributed by atoms with Crippen LogP contribution in [0, 0.1) is 10.1 Å². The van der Waals surface area contributed by atoms with Gasteiger partial charge in [-0.25, -0.2) is 4.79 Å². The summed E-state index contributed by atoms with van der Waals surface area (Å²) in [7, 11) is 0. The van der Waals surface area contributed by atoms with Crippen molar-refractivity contribution in [3.8, 4) is 0 Å². The molecule has 1 saturated heterocycles. The first kappa shape index (κ1) is 18.6. The van der Waals surface area contributed by atoms with E-state index in [4.69, 9.17) is 20.0 Å². The van der Waals surface area contributed by atoms with Crippen molar-refractivity contribution in [3.63, 3.8) is 0 Å². The first-order chi connectivity index (χ1) is 12.1. The molecule has 0 aliphatic carbocycles. The third-order valence-corrected chi connectivity index (χ3v) is 5.10. The molecule has 1 unspecified atom stereocenters. The second kappa shape index (κ2) is 6.53. The van der Waals surface area contributed by atoms with Gasteiger partial charge in [-0.15, -0.1) is 0 Å². The lowest BCUT2D eigenvalue weighted by Crippen LogP contribution is -2.70. The highest BCUT2D eigenvalue weighted by atomic mass is 32.2. The molecule has 0 bridgehead atoms. The predicted molar refractivity (Wildman–Crippen MR) is 85.3 cm³/mol. The van der Waals surface area contributed by atoms with Crippen LogP contribution in [0.5, 0.6) is 0 Å². The molecule has 1 aromatic rings. The lowest BCUT2D eigenvalue weighted by atomic mass is 9.93. The lowest BCUT2D eigenvalue weighted by molar-refractivity contribution is -0.402. The van der Waals surface area contributed by atoms with Gasteiger partial charge < -0.3 is 34.9 Å². The zero-order chi connectivity index (χ0) is 19.2. The van der Waals surface area contributed by atoms with Gasteiger partial charge in [0.2, 0.25) is 0 Å². The van der Waals surface area contributed by atoms with Crippen molar-refractivity contribution >= 4 is 29.3 Å². The lowest BCUT2D eigenvalue weighted by Gasteiger charge is -2.45. The first-order valence-corrected chi connectivity index (χ1v) is 8.14. The van der Waals surface area contributed by atoms with E-state index in [1.54, 1.807) is 0 Å². The average Bonchev–Trinajstić information content (AvgIpc) is 3.20. The fourth-order valence-electron chi connectivity index (χ4n) is 2.69. The van der Waals surface area contributed by atoms with E-state index in [0.29, 0.717) is 0 Å². The van der Waals surface area contributed by atoms with Crippen LogP contribution >= 0.6 is 11.8 Å². The summed E-state index contributed by atoms with van der Waals surface area (Å²) < 4.78 is 10.3. The number of carbonyl (C=O) groups is 1. The van der Waals surface area contributed by atoms with Crippen LogP contribution in [-0.2, 0) is 9.53 Å². The fourth-order valence-corrected chi connectivity index (χ4v) is 3.68. The van der Waals surface area contributed by atoms with Crippen molar-refractivity contribution in [2.24, 2.45) is 5.73 Å². The van der Waals surface area contributed by atoms with Crippen molar-refractivity contribution in [2.75, 3.05) is 0 Å². The molecule has 3 heterocycles. The number of hydrogen-bond acceptors (Lipinski definition) is 11. The smallest absolute Gasteiger partial charge is 0.433 e. The molecule has 0 saturated carbocycles. The van der Waals surface area contributed by atoms with Gasteiger partial charge in [0.25, 0.3) is 0 Å². The van der Waals surface area contributed by atoms with Crippen LogP contribution in [0.2, 0.25) is 0 Å². The maximum absolute atomic E-state index is 11.2. The number of nitro groups is 1. The molecular weight excluding hydrogens is 374 g/mol. The van der Waals surface area contributed by atoms with E-state index in [1.807, 2.05) is 0 Å². The Morgan fingerprint density at radius 3 is 2.58 bits per heavy atom. The van der Waals surface area contributed by atoms with Gasteiger partial charge in [0.1, 0.15) is 29.3 Å². The molecule has 12 nitrogen and oxygen atoms in total. The minimum atomic E-state index is -1.84. The van der Waals surface area contributed by atoms with E-state index < -0.39 is 52.3 Å². The third kappa shape index (κ3) is 3.04. The van der Waals surface area contributed by atoms with E-state index in [-0.39, 0.29) is 11.5 Å². The van der Waals surface area contributed by atoms with Crippen LogP contribution in [0.25, 0.3) is 5.70 Å². The van der Waals surface area contributed by atoms with Crippen molar-refractivity contribution < 1.29 is 39.3 Å². The molecule has 1 aromatic heterocycles. The number of rotatable bonds is 4. The summed E-state index contributed by atoms with van der Waals surface area (Å²) in [6.07, 6.45) is -8.55. The predicted octanol–water partition coefficient (Wildman–Crippen LogP) is -1.63. The zero-order valence-electron chi connectivity index (χ0n) is 12.9. The maximum Gasteiger partial charge on any atom is 0.433 e. The number of nitrogens with zero attached hydrogens (tertiary/aromatic N) is 1.